The van der Waals surface area contributed by atoms with Crippen LogP contribution in [0.3, 0.4) is 0 Å². The second-order valence-corrected chi connectivity index (χ2v) is 11.0. The first-order chi connectivity index (χ1) is 18.0. The molecule has 1 unspecified atom stereocenters. The van der Waals surface area contributed by atoms with Crippen LogP contribution in [0, 0.1) is 3.70 Å². The van der Waals surface area contributed by atoms with Gasteiger partial charge in [0.15, 0.2) is 11.5 Å². The van der Waals surface area contributed by atoms with E-state index in [9.17, 15) is 14.4 Å². The quantitative estimate of drug-likeness (QED) is 0.332. The molecule has 3 aromatic rings. The van der Waals surface area contributed by atoms with E-state index in [4.69, 9.17) is 9.47 Å². The Kier molecular flexibility index (Phi) is 8.09. The first-order valence-electron chi connectivity index (χ1n) is 12.3. The van der Waals surface area contributed by atoms with Gasteiger partial charge in [-0.25, -0.2) is 19.6 Å². The molecule has 11 nitrogen and oxygen atoms in total. The van der Waals surface area contributed by atoms with Crippen LogP contribution < -0.4 is 5.32 Å². The van der Waals surface area contributed by atoms with Gasteiger partial charge in [0.2, 0.25) is 0 Å². The molecule has 1 N–H and O–H groups in total. The Labute approximate surface area is 234 Å². The summed E-state index contributed by atoms with van der Waals surface area (Å²) in [6, 6.07) is 4.50. The van der Waals surface area contributed by atoms with Crippen LogP contribution in [-0.4, -0.2) is 80.5 Å². The molecule has 38 heavy (non-hydrogen) atoms. The monoisotopic (exact) mass is 634 g/mol. The summed E-state index contributed by atoms with van der Waals surface area (Å²) in [5.41, 5.74) is 2.07. The van der Waals surface area contributed by atoms with Gasteiger partial charge in [0.25, 0.3) is 5.91 Å². The zero-order valence-electron chi connectivity index (χ0n) is 22.0. The molecule has 1 aliphatic heterocycles. The van der Waals surface area contributed by atoms with Gasteiger partial charge >= 0.3 is 12.1 Å². The molecule has 1 fully saturated rings. The number of halogens is 1. The van der Waals surface area contributed by atoms with E-state index in [1.54, 1.807) is 45.3 Å². The van der Waals surface area contributed by atoms with Crippen LogP contribution >= 0.6 is 22.6 Å². The number of anilines is 2. The molecule has 2 aromatic heterocycles. The average molecular weight is 634 g/mol. The number of imidazole rings is 1. The van der Waals surface area contributed by atoms with Crippen molar-refractivity contribution in [1.82, 2.24) is 24.2 Å². The van der Waals surface area contributed by atoms with Crippen LogP contribution in [0.15, 0.2) is 36.8 Å². The van der Waals surface area contributed by atoms with Gasteiger partial charge in [-0.15, -0.1) is 0 Å². The third kappa shape index (κ3) is 5.84. The molecule has 0 spiro atoms. The van der Waals surface area contributed by atoms with Crippen LogP contribution in [0.25, 0.3) is 5.65 Å². The van der Waals surface area contributed by atoms with Crippen molar-refractivity contribution in [3.8, 4) is 0 Å². The number of carbonyl (C=O) groups excluding carboxylic acids is 3. The normalized spacial score (nSPS) is 15.9. The molecular weight excluding hydrogens is 603 g/mol. The van der Waals surface area contributed by atoms with Gasteiger partial charge in [-0.2, -0.15) is 0 Å². The molecule has 1 aliphatic rings. The highest BCUT2D eigenvalue weighted by atomic mass is 127. The molecule has 1 atom stereocenters. The van der Waals surface area contributed by atoms with E-state index < -0.39 is 23.7 Å². The van der Waals surface area contributed by atoms with E-state index in [-0.39, 0.29) is 25.5 Å². The standard InChI is InChI=1S/C26H31IN6O5/c1-6-16-13-17(30-21-22-29-14-20(27)33(22)10-9-28-21)7-8-18(16)23(34)32-12-11-31(15-19(32)24(35)37-5)25(36)38-26(2,3)4/h7-10,13-14,19H,6,11-12,15H2,1-5H3,(H,28,30). The number of piperazine rings is 1. The lowest BCUT2D eigenvalue weighted by Crippen LogP contribution is -2.60. The molecule has 0 bridgehead atoms. The Morgan fingerprint density at radius 1 is 1.18 bits per heavy atom. The van der Waals surface area contributed by atoms with Crippen LogP contribution in [0.2, 0.25) is 0 Å². The largest absolute Gasteiger partial charge is 0.467 e. The zero-order chi connectivity index (χ0) is 27.6. The van der Waals surface area contributed by atoms with Crippen LogP contribution in [-0.2, 0) is 20.7 Å². The van der Waals surface area contributed by atoms with Crippen molar-refractivity contribution >= 4 is 57.7 Å². The highest BCUT2D eigenvalue weighted by Gasteiger charge is 2.39. The zero-order valence-corrected chi connectivity index (χ0v) is 24.2. The van der Waals surface area contributed by atoms with Crippen molar-refractivity contribution in [1.29, 1.82) is 0 Å². The number of methoxy groups -OCH3 is 1. The number of hydrogen-bond acceptors (Lipinski definition) is 8. The maximum atomic E-state index is 13.7. The Morgan fingerprint density at radius 3 is 2.63 bits per heavy atom. The minimum Gasteiger partial charge on any atom is -0.467 e. The molecule has 0 radical (unpaired) electrons. The second kappa shape index (κ2) is 11.1. The van der Waals surface area contributed by atoms with Crippen molar-refractivity contribution in [2.24, 2.45) is 0 Å². The highest BCUT2D eigenvalue weighted by Crippen LogP contribution is 2.25. The minimum absolute atomic E-state index is 0.00673. The number of aryl methyl sites for hydroxylation is 1. The van der Waals surface area contributed by atoms with Crippen molar-refractivity contribution < 1.29 is 23.9 Å². The summed E-state index contributed by atoms with van der Waals surface area (Å²) >= 11 is 2.21. The lowest BCUT2D eigenvalue weighted by Gasteiger charge is -2.40. The number of benzene rings is 1. The number of fused-ring (bicyclic) bond motifs is 1. The third-order valence-electron chi connectivity index (χ3n) is 6.13. The fourth-order valence-corrected chi connectivity index (χ4v) is 4.83. The smallest absolute Gasteiger partial charge is 0.410 e. The number of nitrogens with zero attached hydrogens (tertiary/aromatic N) is 5. The molecule has 12 heteroatoms. The number of rotatable bonds is 5. The Hall–Kier alpha value is -3.42. The summed E-state index contributed by atoms with van der Waals surface area (Å²) in [5, 5.41) is 3.30. The maximum Gasteiger partial charge on any atom is 0.410 e. The summed E-state index contributed by atoms with van der Waals surface area (Å²) < 4.78 is 13.3. The summed E-state index contributed by atoms with van der Waals surface area (Å²) in [6.07, 6.45) is 5.37. The van der Waals surface area contributed by atoms with E-state index in [1.807, 2.05) is 23.6 Å². The Balaban J connectivity index is 1.56. The van der Waals surface area contributed by atoms with E-state index in [1.165, 1.54) is 16.9 Å². The molecular formula is C26H31IN6O5. The lowest BCUT2D eigenvalue weighted by molar-refractivity contribution is -0.147. The number of amides is 2. The summed E-state index contributed by atoms with van der Waals surface area (Å²) in [6.45, 7) is 7.70. The topological polar surface area (TPSA) is 118 Å². The minimum atomic E-state index is -0.944. The summed E-state index contributed by atoms with van der Waals surface area (Å²) in [7, 11) is 1.27. The molecule has 202 valence electrons. The van der Waals surface area contributed by atoms with E-state index >= 15 is 0 Å². The maximum absolute atomic E-state index is 13.7. The second-order valence-electron chi connectivity index (χ2n) is 9.86. The van der Waals surface area contributed by atoms with Gasteiger partial charge < -0.3 is 24.6 Å². The predicted molar refractivity (Wildman–Crippen MR) is 149 cm³/mol. The van der Waals surface area contributed by atoms with Gasteiger partial charge in [0.05, 0.1) is 19.9 Å². The van der Waals surface area contributed by atoms with E-state index in [0.29, 0.717) is 23.4 Å². The Morgan fingerprint density at radius 2 is 1.95 bits per heavy atom. The van der Waals surface area contributed by atoms with Crippen LogP contribution in [0.4, 0.5) is 16.3 Å². The van der Waals surface area contributed by atoms with Crippen LogP contribution in [0.1, 0.15) is 43.6 Å². The van der Waals surface area contributed by atoms with Gasteiger partial charge in [0, 0.05) is 36.7 Å². The average Bonchev–Trinajstić information content (AvgIpc) is 3.28. The molecule has 1 aromatic carbocycles. The Bertz CT molecular complexity index is 1370. The summed E-state index contributed by atoms with van der Waals surface area (Å²) in [5.74, 6) is -0.285. The number of aromatic nitrogens is 3. The molecule has 0 aliphatic carbocycles. The van der Waals surface area contributed by atoms with E-state index in [2.05, 4.69) is 37.9 Å². The molecule has 4 rings (SSSR count). The van der Waals surface area contributed by atoms with Crippen LogP contribution in [0.5, 0.6) is 0 Å². The van der Waals surface area contributed by atoms with Crippen molar-refractivity contribution in [2.75, 3.05) is 32.1 Å². The van der Waals surface area contributed by atoms with Gasteiger partial charge in [-0.1, -0.05) is 6.92 Å². The number of esters is 1. The first-order valence-corrected chi connectivity index (χ1v) is 13.3. The van der Waals surface area contributed by atoms with Crippen molar-refractivity contribution in [3.05, 3.63) is 51.6 Å². The number of nitrogens with one attached hydrogen (secondary N) is 1. The molecule has 3 heterocycles. The van der Waals surface area contributed by atoms with Gasteiger partial charge in [-0.3, -0.25) is 9.20 Å². The first kappa shape index (κ1) is 27.6. The van der Waals surface area contributed by atoms with Crippen molar-refractivity contribution in [3.63, 3.8) is 0 Å². The lowest BCUT2D eigenvalue weighted by atomic mass is 10.0. The highest BCUT2D eigenvalue weighted by molar-refractivity contribution is 14.1. The fourth-order valence-electron chi connectivity index (χ4n) is 4.30. The number of hydrogen-bond donors (Lipinski definition) is 1. The van der Waals surface area contributed by atoms with Gasteiger partial charge in [-0.05, 0) is 73.5 Å². The number of carbonyl (C=O) groups is 3. The molecule has 2 amide bonds. The van der Waals surface area contributed by atoms with Crippen molar-refractivity contribution in [2.45, 2.75) is 45.8 Å². The third-order valence-corrected chi connectivity index (χ3v) is 6.93. The van der Waals surface area contributed by atoms with E-state index in [0.717, 1.165) is 15.0 Å². The summed E-state index contributed by atoms with van der Waals surface area (Å²) in [4.78, 5) is 50.7. The number of ether oxygens (including phenoxy) is 2. The molecule has 0 saturated carbocycles. The molecule has 1 saturated heterocycles. The predicted octanol–water partition coefficient (Wildman–Crippen LogP) is 3.87. The fraction of sp³-hybridized carbons (Fsp3) is 0.423. The SMILES string of the molecule is CCc1cc(Nc2nccn3c(I)cnc23)ccc1C(=O)N1CCN(C(=O)OC(C)(C)C)CC1C(=O)OC. The van der Waals surface area contributed by atoms with Gasteiger partial charge in [0.1, 0.15) is 15.3 Å².